The molecule has 0 spiro atoms. The highest BCUT2D eigenvalue weighted by Crippen LogP contribution is 2.35. The Morgan fingerprint density at radius 3 is 1.35 bits per heavy atom. The van der Waals surface area contributed by atoms with Crippen LogP contribution < -0.4 is 5.46 Å². The van der Waals surface area contributed by atoms with Crippen molar-refractivity contribution in [2.45, 2.75) is 12.4 Å². The predicted octanol–water partition coefficient (Wildman–Crippen LogP) is 4.21. The first-order valence-electron chi connectivity index (χ1n) is 4.09. The maximum Gasteiger partial charge on any atom is 0.416 e. The molecule has 0 N–H and O–H groups in total. The number of halogens is 8. The van der Waals surface area contributed by atoms with E-state index in [4.69, 9.17) is 0 Å². The van der Waals surface area contributed by atoms with Gasteiger partial charge in [0, 0.05) is 0 Å². The number of benzene rings is 1. The van der Waals surface area contributed by atoms with Crippen molar-refractivity contribution in [3.8, 4) is 0 Å². The Balaban J connectivity index is 3.40. The summed E-state index contributed by atoms with van der Waals surface area (Å²) in [6, 6.07) is 1.40. The molecular formula is C8H3BBr2F6. The van der Waals surface area contributed by atoms with Crippen molar-refractivity contribution in [3.63, 3.8) is 0 Å². The lowest BCUT2D eigenvalue weighted by Crippen LogP contribution is -2.23. The normalized spacial score (nSPS) is 12.7. The highest BCUT2D eigenvalue weighted by atomic mass is 79.9. The molecule has 9 heteroatoms. The molecule has 0 saturated carbocycles. The molecule has 0 aliphatic carbocycles. The minimum Gasteiger partial charge on any atom is -0.166 e. The summed E-state index contributed by atoms with van der Waals surface area (Å²) >= 11 is 5.73. The molecule has 0 atom stereocenters. The second kappa shape index (κ2) is 4.83. The molecular weight excluding hydrogens is 381 g/mol. The van der Waals surface area contributed by atoms with E-state index in [-0.39, 0.29) is 11.5 Å². The third kappa shape index (κ3) is 3.91. The van der Waals surface area contributed by atoms with Gasteiger partial charge in [0.25, 0.3) is 0 Å². The molecule has 17 heavy (non-hydrogen) atoms. The van der Waals surface area contributed by atoms with Gasteiger partial charge < -0.3 is 0 Å². The van der Waals surface area contributed by atoms with Crippen LogP contribution in [0, 0.1) is 0 Å². The van der Waals surface area contributed by atoms with Gasteiger partial charge in [0.05, 0.1) is 11.1 Å². The molecule has 0 nitrogen and oxygen atoms in total. The van der Waals surface area contributed by atoms with Crippen molar-refractivity contribution in [3.05, 3.63) is 29.3 Å². The van der Waals surface area contributed by atoms with Gasteiger partial charge in [0.15, 0.2) is 0 Å². The lowest BCUT2D eigenvalue weighted by Gasteiger charge is -2.14. The number of hydrogen-bond donors (Lipinski definition) is 0. The Morgan fingerprint density at radius 2 is 1.12 bits per heavy atom. The van der Waals surface area contributed by atoms with Gasteiger partial charge in [0.2, 0.25) is 0 Å². The highest BCUT2D eigenvalue weighted by molar-refractivity contribution is 9.49. The third-order valence-electron chi connectivity index (χ3n) is 1.86. The van der Waals surface area contributed by atoms with Gasteiger partial charge in [-0.25, -0.2) is 0 Å². The minimum atomic E-state index is -4.81. The average molecular weight is 384 g/mol. The Morgan fingerprint density at radius 1 is 0.765 bits per heavy atom. The summed E-state index contributed by atoms with van der Waals surface area (Å²) in [5.41, 5.74) is -2.80. The molecule has 1 aromatic carbocycles. The Hall–Kier alpha value is -0.175. The average Bonchev–Trinajstić information content (AvgIpc) is 2.14. The SMILES string of the molecule is FC(F)(F)c1cc(B(Br)Br)cc(C(F)(F)F)c1. The summed E-state index contributed by atoms with van der Waals surface area (Å²) in [6.45, 7) is 0. The molecule has 0 amide bonds. The number of alkyl halides is 6. The van der Waals surface area contributed by atoms with Crippen LogP contribution in [0.4, 0.5) is 26.3 Å². The summed E-state index contributed by atoms with van der Waals surface area (Å²) in [7, 11) is 0. The quantitative estimate of drug-likeness (QED) is 0.503. The van der Waals surface area contributed by atoms with E-state index >= 15 is 0 Å². The van der Waals surface area contributed by atoms with E-state index in [2.05, 4.69) is 31.5 Å². The van der Waals surface area contributed by atoms with Gasteiger partial charge in [-0.15, -0.1) is 31.5 Å². The fourth-order valence-electron chi connectivity index (χ4n) is 1.10. The molecule has 0 aromatic heterocycles. The fourth-order valence-corrected chi connectivity index (χ4v) is 1.63. The first-order valence-corrected chi connectivity index (χ1v) is 5.92. The second-order valence-electron chi connectivity index (χ2n) is 3.14. The molecule has 0 unspecified atom stereocenters. The van der Waals surface area contributed by atoms with E-state index in [1.807, 2.05) is 0 Å². The molecule has 0 saturated heterocycles. The van der Waals surface area contributed by atoms with Crippen molar-refractivity contribution in [2.24, 2.45) is 0 Å². The lowest BCUT2D eigenvalue weighted by atomic mass is 9.91. The Labute approximate surface area is 109 Å². The van der Waals surface area contributed by atoms with Gasteiger partial charge in [-0.3, -0.25) is 0 Å². The standard InChI is InChI=1S/C8H3BBr2F6/c10-9(11)6-2-4(7(12,13)14)1-5(3-6)8(15,16)17/h1-3H. The fraction of sp³-hybridized carbons (Fsp3) is 0.250. The topological polar surface area (TPSA) is 0 Å². The third-order valence-corrected chi connectivity index (χ3v) is 2.92. The van der Waals surface area contributed by atoms with Crippen molar-refractivity contribution in [1.29, 1.82) is 0 Å². The van der Waals surface area contributed by atoms with Crippen LogP contribution in [0.25, 0.3) is 0 Å². The van der Waals surface area contributed by atoms with Crippen molar-refractivity contribution in [1.82, 2.24) is 0 Å². The van der Waals surface area contributed by atoms with E-state index < -0.39 is 27.8 Å². The summed E-state index contributed by atoms with van der Waals surface area (Å²) in [4.78, 5) is 0. The van der Waals surface area contributed by atoms with Crippen LogP contribution in [0.5, 0.6) is 0 Å². The van der Waals surface area contributed by atoms with Crippen LogP contribution in [0.15, 0.2) is 18.2 Å². The van der Waals surface area contributed by atoms with Crippen LogP contribution in [-0.2, 0) is 12.4 Å². The van der Waals surface area contributed by atoms with E-state index in [1.54, 1.807) is 0 Å². The summed E-state index contributed by atoms with van der Waals surface area (Å²) in [6.07, 6.45) is -9.63. The summed E-state index contributed by atoms with van der Waals surface area (Å²) in [5, 5.41) is 0. The molecule has 0 heterocycles. The lowest BCUT2D eigenvalue weighted by molar-refractivity contribution is -0.142. The largest absolute Gasteiger partial charge is 0.416 e. The zero-order valence-electron chi connectivity index (χ0n) is 7.83. The van der Waals surface area contributed by atoms with Gasteiger partial charge in [-0.2, -0.15) is 26.3 Å². The monoisotopic (exact) mass is 382 g/mol. The van der Waals surface area contributed by atoms with Crippen LogP contribution in [0.3, 0.4) is 0 Å². The molecule has 1 rings (SSSR count). The van der Waals surface area contributed by atoms with E-state index in [9.17, 15) is 26.3 Å². The van der Waals surface area contributed by atoms with Crippen LogP contribution >= 0.6 is 31.5 Å². The van der Waals surface area contributed by atoms with Gasteiger partial charge in [-0.05, 0) is 6.07 Å². The highest BCUT2D eigenvalue weighted by Gasteiger charge is 2.37. The Kier molecular flexibility index (Phi) is 4.23. The number of rotatable bonds is 1. The van der Waals surface area contributed by atoms with E-state index in [0.717, 1.165) is 0 Å². The van der Waals surface area contributed by atoms with E-state index in [0.29, 0.717) is 12.1 Å². The summed E-state index contributed by atoms with van der Waals surface area (Å²) in [5.74, 6) is 0. The smallest absolute Gasteiger partial charge is 0.166 e. The van der Waals surface area contributed by atoms with E-state index in [1.165, 1.54) is 0 Å². The molecule has 1 aromatic rings. The van der Waals surface area contributed by atoms with Crippen LogP contribution in [-0.4, -0.2) is 4.36 Å². The predicted molar refractivity (Wildman–Crippen MR) is 59.7 cm³/mol. The van der Waals surface area contributed by atoms with Gasteiger partial charge in [-0.1, -0.05) is 17.6 Å². The maximum atomic E-state index is 12.4. The first-order chi connectivity index (χ1) is 7.51. The zero-order valence-corrected chi connectivity index (χ0v) is 11.0. The second-order valence-corrected chi connectivity index (χ2v) is 6.20. The molecule has 0 aliphatic heterocycles. The molecule has 0 aliphatic rings. The van der Waals surface area contributed by atoms with Crippen molar-refractivity contribution < 1.29 is 26.3 Å². The van der Waals surface area contributed by atoms with Gasteiger partial charge in [0.1, 0.15) is 0 Å². The Bertz CT molecular complexity index is 379. The molecule has 0 radical (unpaired) electrons. The number of hydrogen-bond acceptors (Lipinski definition) is 0. The zero-order chi connectivity index (χ0) is 13.4. The first kappa shape index (κ1) is 14.9. The maximum absolute atomic E-state index is 12.4. The minimum absolute atomic E-state index is 0.0892. The van der Waals surface area contributed by atoms with Crippen LogP contribution in [0.1, 0.15) is 11.1 Å². The summed E-state index contributed by atoms with van der Waals surface area (Å²) < 4.78 is 73.6. The molecule has 0 fully saturated rings. The van der Waals surface area contributed by atoms with Crippen molar-refractivity contribution in [2.75, 3.05) is 0 Å². The van der Waals surface area contributed by atoms with Crippen molar-refractivity contribution >= 4 is 41.3 Å². The molecule has 0 bridgehead atoms. The molecule has 94 valence electrons. The van der Waals surface area contributed by atoms with Gasteiger partial charge >= 0.3 is 16.7 Å². The van der Waals surface area contributed by atoms with Crippen LogP contribution in [0.2, 0.25) is 0 Å².